The summed E-state index contributed by atoms with van der Waals surface area (Å²) in [4.78, 5) is 10.5. The Morgan fingerprint density at radius 2 is 1.78 bits per heavy atom. The standard InChI is InChI=1S/C14H11F2NO5S/c1-22-13-11(15)6-9(7-12(13)16)17-23(20,21)10-4-2-3-8(5-10)14(18)19/h2-7,17H,1H3,(H,18,19). The SMILES string of the molecule is COc1c(F)cc(NS(=O)(=O)c2cccc(C(=O)O)c2)cc1F. The van der Waals surface area contributed by atoms with E-state index in [9.17, 15) is 22.0 Å². The highest BCUT2D eigenvalue weighted by Crippen LogP contribution is 2.26. The zero-order valence-electron chi connectivity index (χ0n) is 11.7. The van der Waals surface area contributed by atoms with Crippen LogP contribution in [-0.2, 0) is 10.0 Å². The first-order valence-electron chi connectivity index (χ1n) is 6.14. The van der Waals surface area contributed by atoms with Crippen molar-refractivity contribution in [1.82, 2.24) is 0 Å². The van der Waals surface area contributed by atoms with Gasteiger partial charge in [0.1, 0.15) is 0 Å². The largest absolute Gasteiger partial charge is 0.491 e. The molecule has 0 unspecified atom stereocenters. The number of aromatic carboxylic acids is 1. The van der Waals surface area contributed by atoms with E-state index < -0.39 is 33.4 Å². The number of anilines is 1. The lowest BCUT2D eigenvalue weighted by atomic mass is 10.2. The maximum absolute atomic E-state index is 13.6. The molecule has 0 saturated heterocycles. The fourth-order valence-electron chi connectivity index (χ4n) is 1.82. The number of sulfonamides is 1. The van der Waals surface area contributed by atoms with E-state index in [1.165, 1.54) is 12.1 Å². The molecule has 0 aliphatic rings. The van der Waals surface area contributed by atoms with Crippen LogP contribution in [0.2, 0.25) is 0 Å². The van der Waals surface area contributed by atoms with Gasteiger partial charge in [-0.05, 0) is 18.2 Å². The number of carbonyl (C=O) groups is 1. The van der Waals surface area contributed by atoms with Crippen molar-refractivity contribution in [3.8, 4) is 5.75 Å². The number of carboxylic acids is 1. The molecule has 6 nitrogen and oxygen atoms in total. The van der Waals surface area contributed by atoms with Crippen molar-refractivity contribution in [3.63, 3.8) is 0 Å². The molecule has 2 aromatic rings. The minimum absolute atomic E-state index is 0.236. The molecule has 0 aliphatic heterocycles. The van der Waals surface area contributed by atoms with Crippen LogP contribution in [0.5, 0.6) is 5.75 Å². The summed E-state index contributed by atoms with van der Waals surface area (Å²) >= 11 is 0. The Bertz CT molecular complexity index is 844. The van der Waals surface area contributed by atoms with Crippen molar-refractivity contribution in [3.05, 3.63) is 53.6 Å². The topological polar surface area (TPSA) is 92.7 Å². The van der Waals surface area contributed by atoms with E-state index in [2.05, 4.69) is 4.74 Å². The molecule has 0 amide bonds. The highest BCUT2D eigenvalue weighted by molar-refractivity contribution is 7.92. The van der Waals surface area contributed by atoms with E-state index >= 15 is 0 Å². The van der Waals surface area contributed by atoms with Gasteiger partial charge in [0.2, 0.25) is 0 Å². The minimum atomic E-state index is -4.21. The quantitative estimate of drug-likeness (QED) is 0.870. The van der Waals surface area contributed by atoms with Crippen LogP contribution in [-0.4, -0.2) is 26.6 Å². The van der Waals surface area contributed by atoms with E-state index in [4.69, 9.17) is 5.11 Å². The number of hydrogen-bond acceptors (Lipinski definition) is 4. The van der Waals surface area contributed by atoms with E-state index in [0.717, 1.165) is 31.4 Å². The third-order valence-corrected chi connectivity index (χ3v) is 4.22. The van der Waals surface area contributed by atoms with E-state index in [-0.39, 0.29) is 16.1 Å². The van der Waals surface area contributed by atoms with Gasteiger partial charge in [-0.1, -0.05) is 6.07 Å². The molecule has 23 heavy (non-hydrogen) atoms. The summed E-state index contributed by atoms with van der Waals surface area (Å²) < 4.78 is 58.0. The van der Waals surface area contributed by atoms with Crippen LogP contribution in [0.1, 0.15) is 10.4 Å². The summed E-state index contributed by atoms with van der Waals surface area (Å²) in [6.45, 7) is 0. The highest BCUT2D eigenvalue weighted by atomic mass is 32.2. The normalized spacial score (nSPS) is 11.1. The van der Waals surface area contributed by atoms with Crippen molar-refractivity contribution in [2.24, 2.45) is 0 Å². The average Bonchev–Trinajstić information content (AvgIpc) is 2.46. The second kappa shape index (κ2) is 6.21. The number of hydrogen-bond donors (Lipinski definition) is 2. The lowest BCUT2D eigenvalue weighted by Crippen LogP contribution is -2.14. The summed E-state index contributed by atoms with van der Waals surface area (Å²) in [5.41, 5.74) is -0.596. The zero-order chi connectivity index (χ0) is 17.2. The van der Waals surface area contributed by atoms with Crippen LogP contribution >= 0.6 is 0 Å². The Morgan fingerprint density at radius 3 is 2.30 bits per heavy atom. The molecule has 0 aromatic heterocycles. The van der Waals surface area contributed by atoms with Gasteiger partial charge in [0.15, 0.2) is 17.4 Å². The van der Waals surface area contributed by atoms with Crippen LogP contribution < -0.4 is 9.46 Å². The molecule has 2 N–H and O–H groups in total. The van der Waals surface area contributed by atoms with E-state index in [0.29, 0.717) is 0 Å². The van der Waals surface area contributed by atoms with Gasteiger partial charge < -0.3 is 9.84 Å². The van der Waals surface area contributed by atoms with Crippen LogP contribution in [0, 0.1) is 11.6 Å². The fourth-order valence-corrected chi connectivity index (χ4v) is 2.91. The molecule has 0 bridgehead atoms. The molecule has 9 heteroatoms. The van der Waals surface area contributed by atoms with Gasteiger partial charge in [0.25, 0.3) is 10.0 Å². The second-order valence-electron chi connectivity index (χ2n) is 4.41. The first kappa shape index (κ1) is 16.7. The van der Waals surface area contributed by atoms with Crippen LogP contribution in [0.15, 0.2) is 41.3 Å². The molecule has 0 fully saturated rings. The Labute approximate surface area is 130 Å². The Hall–Kier alpha value is -2.68. The number of halogens is 2. The summed E-state index contributed by atoms with van der Waals surface area (Å²) in [5, 5.41) is 8.87. The molecular formula is C14H11F2NO5S. The highest BCUT2D eigenvalue weighted by Gasteiger charge is 2.19. The first-order valence-corrected chi connectivity index (χ1v) is 7.62. The molecule has 0 aliphatic carbocycles. The van der Waals surface area contributed by atoms with Crippen molar-refractivity contribution >= 4 is 21.7 Å². The number of rotatable bonds is 5. The smallest absolute Gasteiger partial charge is 0.335 e. The fraction of sp³-hybridized carbons (Fsp3) is 0.0714. The Kier molecular flexibility index (Phi) is 4.50. The van der Waals surface area contributed by atoms with E-state index in [1.807, 2.05) is 4.72 Å². The van der Waals surface area contributed by atoms with Crippen molar-refractivity contribution in [2.75, 3.05) is 11.8 Å². The Balaban J connectivity index is 2.39. The van der Waals surface area contributed by atoms with Gasteiger partial charge >= 0.3 is 5.97 Å². The predicted molar refractivity (Wildman–Crippen MR) is 77.1 cm³/mol. The number of nitrogens with one attached hydrogen (secondary N) is 1. The van der Waals surface area contributed by atoms with Gasteiger partial charge in [-0.3, -0.25) is 4.72 Å². The molecule has 0 atom stereocenters. The van der Waals surface area contributed by atoms with Gasteiger partial charge in [0.05, 0.1) is 23.3 Å². The van der Waals surface area contributed by atoms with Crippen molar-refractivity contribution in [2.45, 2.75) is 4.90 Å². The summed E-state index contributed by atoms with van der Waals surface area (Å²) in [6.07, 6.45) is 0. The third kappa shape index (κ3) is 3.57. The lowest BCUT2D eigenvalue weighted by Gasteiger charge is -2.10. The van der Waals surface area contributed by atoms with Gasteiger partial charge in [-0.25, -0.2) is 22.0 Å². The average molecular weight is 343 g/mol. The zero-order valence-corrected chi connectivity index (χ0v) is 12.5. The maximum Gasteiger partial charge on any atom is 0.335 e. The molecule has 0 radical (unpaired) electrons. The number of benzene rings is 2. The molecule has 0 spiro atoms. The van der Waals surface area contributed by atoms with Crippen molar-refractivity contribution < 1.29 is 31.8 Å². The second-order valence-corrected chi connectivity index (χ2v) is 6.09. The molecule has 122 valence electrons. The summed E-state index contributed by atoms with van der Waals surface area (Å²) in [6, 6.07) is 6.05. The minimum Gasteiger partial charge on any atom is -0.491 e. The number of carboxylic acid groups (broad SMARTS) is 1. The number of methoxy groups -OCH3 is 1. The molecular weight excluding hydrogens is 332 g/mol. The molecule has 0 heterocycles. The maximum atomic E-state index is 13.6. The lowest BCUT2D eigenvalue weighted by molar-refractivity contribution is 0.0696. The van der Waals surface area contributed by atoms with Gasteiger partial charge in [0, 0.05) is 12.1 Å². The van der Waals surface area contributed by atoms with Gasteiger partial charge in [-0.2, -0.15) is 0 Å². The summed E-state index contributed by atoms with van der Waals surface area (Å²) in [5.74, 6) is -4.10. The monoisotopic (exact) mass is 343 g/mol. The molecule has 2 aromatic carbocycles. The molecule has 0 saturated carbocycles. The summed E-state index contributed by atoms with van der Waals surface area (Å²) in [7, 11) is -3.14. The Morgan fingerprint density at radius 1 is 1.17 bits per heavy atom. The van der Waals surface area contributed by atoms with Crippen LogP contribution in [0.25, 0.3) is 0 Å². The number of ether oxygens (including phenoxy) is 1. The van der Waals surface area contributed by atoms with Crippen molar-refractivity contribution in [1.29, 1.82) is 0 Å². The first-order chi connectivity index (χ1) is 10.7. The predicted octanol–water partition coefficient (Wildman–Crippen LogP) is 2.47. The third-order valence-electron chi connectivity index (χ3n) is 2.85. The van der Waals surface area contributed by atoms with Crippen LogP contribution in [0.4, 0.5) is 14.5 Å². The molecule has 2 rings (SSSR count). The van der Waals surface area contributed by atoms with Crippen LogP contribution in [0.3, 0.4) is 0 Å². The van der Waals surface area contributed by atoms with E-state index in [1.54, 1.807) is 0 Å². The van der Waals surface area contributed by atoms with Gasteiger partial charge in [-0.15, -0.1) is 0 Å².